The van der Waals surface area contributed by atoms with Crippen LogP contribution in [0.4, 0.5) is 0 Å². The van der Waals surface area contributed by atoms with Gasteiger partial charge in [-0.15, -0.1) is 0 Å². The molecule has 0 heterocycles. The zero-order valence-corrected chi connectivity index (χ0v) is 13.3. The number of aryl methyl sites for hydroxylation is 1. The number of benzene rings is 2. The highest BCUT2D eigenvalue weighted by Crippen LogP contribution is 2.43. The van der Waals surface area contributed by atoms with E-state index >= 15 is 0 Å². The maximum absolute atomic E-state index is 10.8. The highest BCUT2D eigenvalue weighted by atomic mass is 16.5. The molecule has 2 aromatic rings. The first-order valence-corrected chi connectivity index (χ1v) is 7.65. The van der Waals surface area contributed by atoms with Gasteiger partial charge in [0.05, 0.1) is 20.3 Å². The van der Waals surface area contributed by atoms with E-state index in [1.807, 2.05) is 30.3 Å². The van der Waals surface area contributed by atoms with E-state index in [1.54, 1.807) is 20.3 Å². The maximum atomic E-state index is 10.8. The van der Waals surface area contributed by atoms with Crippen LogP contribution in [0.1, 0.15) is 29.0 Å². The van der Waals surface area contributed by atoms with Gasteiger partial charge in [-0.1, -0.05) is 30.3 Å². The number of hydrogen-bond acceptors (Lipinski definition) is 4. The normalized spacial score (nSPS) is 19.4. The molecular weight excluding hydrogens is 290 g/mol. The van der Waals surface area contributed by atoms with Gasteiger partial charge < -0.3 is 9.47 Å². The number of nitrogens with zero attached hydrogens (tertiary/aromatic N) is 1. The molecule has 0 amide bonds. The van der Waals surface area contributed by atoms with Gasteiger partial charge in [-0.2, -0.15) is 0 Å². The van der Waals surface area contributed by atoms with E-state index in [0.717, 1.165) is 29.7 Å². The topological polar surface area (TPSA) is 47.9 Å². The minimum Gasteiger partial charge on any atom is -0.493 e. The third-order valence-electron chi connectivity index (χ3n) is 4.45. The number of aliphatic imine (C=N–C) groups is 1. The Hall–Kier alpha value is -2.58. The lowest BCUT2D eigenvalue weighted by Crippen LogP contribution is -2.25. The number of ether oxygens (including phenoxy) is 2. The van der Waals surface area contributed by atoms with Crippen LogP contribution in [-0.4, -0.2) is 26.3 Å². The highest BCUT2D eigenvalue weighted by molar-refractivity contribution is 5.53. The van der Waals surface area contributed by atoms with Crippen molar-refractivity contribution < 1.29 is 14.3 Å². The molecule has 3 rings (SSSR count). The molecule has 1 aliphatic rings. The molecule has 2 aromatic carbocycles. The number of rotatable bonds is 4. The van der Waals surface area contributed by atoms with Crippen LogP contribution in [0.25, 0.3) is 0 Å². The third-order valence-corrected chi connectivity index (χ3v) is 4.45. The lowest BCUT2D eigenvalue weighted by molar-refractivity contribution is 0.352. The Bertz CT molecular complexity index is 736. The van der Waals surface area contributed by atoms with Crippen molar-refractivity contribution in [2.75, 3.05) is 14.2 Å². The summed E-state index contributed by atoms with van der Waals surface area (Å²) in [5.74, 6) is 1.46. The van der Waals surface area contributed by atoms with E-state index in [1.165, 1.54) is 5.56 Å². The van der Waals surface area contributed by atoms with Crippen LogP contribution in [0, 0.1) is 0 Å². The van der Waals surface area contributed by atoms with Gasteiger partial charge in [-0.05, 0) is 41.7 Å². The second-order valence-corrected chi connectivity index (χ2v) is 5.62. The number of methoxy groups -OCH3 is 2. The van der Waals surface area contributed by atoms with Gasteiger partial charge in [0.15, 0.2) is 11.5 Å². The molecule has 118 valence electrons. The highest BCUT2D eigenvalue weighted by Gasteiger charge is 2.32. The van der Waals surface area contributed by atoms with Gasteiger partial charge in [0, 0.05) is 5.92 Å². The van der Waals surface area contributed by atoms with E-state index in [2.05, 4.69) is 17.1 Å². The van der Waals surface area contributed by atoms with Crippen molar-refractivity contribution in [1.29, 1.82) is 0 Å². The summed E-state index contributed by atoms with van der Waals surface area (Å²) in [5, 5.41) is 0. The monoisotopic (exact) mass is 309 g/mol. The maximum Gasteiger partial charge on any atom is 0.235 e. The molecule has 0 spiro atoms. The molecule has 0 fully saturated rings. The van der Waals surface area contributed by atoms with Crippen molar-refractivity contribution in [1.82, 2.24) is 0 Å². The minimum absolute atomic E-state index is 0.0289. The second kappa shape index (κ2) is 6.67. The van der Waals surface area contributed by atoms with E-state index in [4.69, 9.17) is 9.47 Å². The van der Waals surface area contributed by atoms with Gasteiger partial charge in [0.1, 0.15) is 0 Å². The fourth-order valence-electron chi connectivity index (χ4n) is 3.39. The minimum atomic E-state index is -0.0968. The van der Waals surface area contributed by atoms with E-state index in [9.17, 15) is 4.79 Å². The van der Waals surface area contributed by atoms with Gasteiger partial charge in [0.25, 0.3) is 0 Å². The van der Waals surface area contributed by atoms with Crippen molar-refractivity contribution in [2.45, 2.75) is 24.8 Å². The molecule has 4 heteroatoms. The quantitative estimate of drug-likeness (QED) is 0.641. The number of fused-ring (bicyclic) bond motifs is 1. The van der Waals surface area contributed by atoms with E-state index in [0.29, 0.717) is 5.75 Å². The first kappa shape index (κ1) is 15.3. The molecule has 4 nitrogen and oxygen atoms in total. The second-order valence-electron chi connectivity index (χ2n) is 5.62. The average Bonchev–Trinajstić information content (AvgIpc) is 2.61. The fraction of sp³-hybridized carbons (Fsp3) is 0.316. The molecule has 0 saturated heterocycles. The molecule has 0 N–H and O–H groups in total. The summed E-state index contributed by atoms with van der Waals surface area (Å²) in [6.45, 7) is 0. The molecule has 2 atom stereocenters. The molecule has 0 bridgehead atoms. The van der Waals surface area contributed by atoms with Crippen molar-refractivity contribution in [3.05, 3.63) is 59.2 Å². The van der Waals surface area contributed by atoms with Crippen LogP contribution in [0.3, 0.4) is 0 Å². The van der Waals surface area contributed by atoms with Crippen LogP contribution in [0.15, 0.2) is 47.5 Å². The van der Waals surface area contributed by atoms with Crippen molar-refractivity contribution >= 4 is 6.08 Å². The van der Waals surface area contributed by atoms with Crippen molar-refractivity contribution in [3.8, 4) is 11.5 Å². The van der Waals surface area contributed by atoms with Gasteiger partial charge >= 0.3 is 0 Å². The standard InChI is InChI=1S/C19H19NO3/c1-22-17-10-14-8-9-16(20-12-21)19(13-6-4-3-5-7-13)15(14)11-18(17)23-2/h3-7,10-11,16,19H,8-9H2,1-2H3/t16-,19-/m1/s1. The SMILES string of the molecule is COc1cc2c(cc1OC)[C@@H](c1ccccc1)[C@H](N=C=O)CC2. The molecule has 0 radical (unpaired) electrons. The van der Waals surface area contributed by atoms with Crippen LogP contribution in [-0.2, 0) is 11.2 Å². The number of carbonyl (C=O) groups excluding carboxylic acids is 1. The van der Waals surface area contributed by atoms with Crippen LogP contribution < -0.4 is 9.47 Å². The summed E-state index contributed by atoms with van der Waals surface area (Å²) in [6, 6.07) is 14.1. The van der Waals surface area contributed by atoms with E-state index < -0.39 is 0 Å². The summed E-state index contributed by atoms with van der Waals surface area (Å²) >= 11 is 0. The molecule has 0 unspecified atom stereocenters. The van der Waals surface area contributed by atoms with E-state index in [-0.39, 0.29) is 12.0 Å². The summed E-state index contributed by atoms with van der Waals surface area (Å²) in [7, 11) is 3.27. The number of hydrogen-bond donors (Lipinski definition) is 0. The molecule has 0 aliphatic heterocycles. The molecular formula is C19H19NO3. The molecule has 0 aromatic heterocycles. The Kier molecular flexibility index (Phi) is 4.45. The molecule has 0 saturated carbocycles. The Labute approximate surface area is 135 Å². The summed E-state index contributed by atoms with van der Waals surface area (Å²) in [6.07, 6.45) is 3.41. The third kappa shape index (κ3) is 2.86. The van der Waals surface area contributed by atoms with Gasteiger partial charge in [-0.25, -0.2) is 9.79 Å². The summed E-state index contributed by atoms with van der Waals surface area (Å²) in [4.78, 5) is 14.9. The zero-order valence-electron chi connectivity index (χ0n) is 13.3. The van der Waals surface area contributed by atoms with Gasteiger partial charge in [0.2, 0.25) is 6.08 Å². The zero-order chi connectivity index (χ0) is 16.2. The lowest BCUT2D eigenvalue weighted by atomic mass is 9.75. The summed E-state index contributed by atoms with van der Waals surface area (Å²) < 4.78 is 10.9. The molecule has 23 heavy (non-hydrogen) atoms. The Morgan fingerprint density at radius 3 is 2.43 bits per heavy atom. The summed E-state index contributed by atoms with van der Waals surface area (Å²) in [5.41, 5.74) is 3.50. The van der Waals surface area contributed by atoms with Crippen LogP contribution >= 0.6 is 0 Å². The van der Waals surface area contributed by atoms with Gasteiger partial charge in [-0.3, -0.25) is 0 Å². The Morgan fingerprint density at radius 1 is 1.09 bits per heavy atom. The van der Waals surface area contributed by atoms with Crippen molar-refractivity contribution in [3.63, 3.8) is 0 Å². The predicted molar refractivity (Wildman–Crippen MR) is 88.1 cm³/mol. The van der Waals surface area contributed by atoms with Crippen LogP contribution in [0.5, 0.6) is 11.5 Å². The first-order chi connectivity index (χ1) is 11.3. The smallest absolute Gasteiger partial charge is 0.235 e. The lowest BCUT2D eigenvalue weighted by Gasteiger charge is -2.31. The first-order valence-electron chi connectivity index (χ1n) is 7.65. The Morgan fingerprint density at radius 2 is 1.78 bits per heavy atom. The fourth-order valence-corrected chi connectivity index (χ4v) is 3.39. The Balaban J connectivity index is 2.16. The van der Waals surface area contributed by atoms with Crippen LogP contribution in [0.2, 0.25) is 0 Å². The molecule has 1 aliphatic carbocycles. The largest absolute Gasteiger partial charge is 0.493 e. The average molecular weight is 309 g/mol. The predicted octanol–water partition coefficient (Wildman–Crippen LogP) is 3.49. The number of isocyanates is 1. The van der Waals surface area contributed by atoms with Crippen molar-refractivity contribution in [2.24, 2.45) is 4.99 Å².